The van der Waals surface area contributed by atoms with E-state index < -0.39 is 0 Å². The average molecular weight is 353 g/mol. The van der Waals surface area contributed by atoms with E-state index in [1.165, 1.54) is 6.42 Å². The van der Waals surface area contributed by atoms with Gasteiger partial charge in [0.1, 0.15) is 0 Å². The number of rotatable bonds is 3. The van der Waals surface area contributed by atoms with Crippen molar-refractivity contribution in [1.82, 2.24) is 5.43 Å². The van der Waals surface area contributed by atoms with Gasteiger partial charge in [0, 0.05) is 35.3 Å². The molecule has 26 heavy (non-hydrogen) atoms. The van der Waals surface area contributed by atoms with Gasteiger partial charge < -0.3 is 4.90 Å². The highest BCUT2D eigenvalue weighted by Gasteiger charge is 2.60. The molecule has 3 fully saturated rings. The van der Waals surface area contributed by atoms with Crippen LogP contribution in [-0.4, -0.2) is 24.1 Å². The van der Waals surface area contributed by atoms with E-state index in [-0.39, 0.29) is 22.6 Å². The molecule has 1 N–H and O–H groups in total. The van der Waals surface area contributed by atoms with Crippen molar-refractivity contribution in [1.29, 1.82) is 0 Å². The van der Waals surface area contributed by atoms with Gasteiger partial charge in [-0.05, 0) is 61.3 Å². The lowest BCUT2D eigenvalue weighted by atomic mass is 9.70. The number of carbonyl (C=O) groups is 2. The number of amides is 2. The number of carbonyl (C=O) groups excluding carboxylic acids is 2. The highest BCUT2D eigenvalue weighted by Crippen LogP contribution is 2.63. The predicted octanol–water partition coefficient (Wildman–Crippen LogP) is 3.75. The summed E-state index contributed by atoms with van der Waals surface area (Å²) in [6.45, 7) is 7.70. The summed E-state index contributed by atoms with van der Waals surface area (Å²) in [7, 11) is 0. The first-order chi connectivity index (χ1) is 12.3. The van der Waals surface area contributed by atoms with Crippen LogP contribution in [0.2, 0.25) is 0 Å². The van der Waals surface area contributed by atoms with E-state index in [0.29, 0.717) is 17.9 Å². The maximum absolute atomic E-state index is 12.5. The number of anilines is 1. The minimum atomic E-state index is -0.194. The van der Waals surface area contributed by atoms with Gasteiger partial charge in [0.2, 0.25) is 5.91 Å². The first-order valence-electron chi connectivity index (χ1n) is 9.61. The molecule has 2 saturated carbocycles. The van der Waals surface area contributed by atoms with Crippen LogP contribution in [0.4, 0.5) is 5.69 Å². The second kappa shape index (κ2) is 5.93. The van der Waals surface area contributed by atoms with Crippen molar-refractivity contribution >= 4 is 23.2 Å². The molecule has 0 unspecified atom stereocenters. The van der Waals surface area contributed by atoms with E-state index in [9.17, 15) is 9.59 Å². The Labute approximate surface area is 154 Å². The standard InChI is InChI=1S/C21H27N3O2/c1-20(2)15-10-11-21(20,3)17(13-15)22-23-19(26)14-6-8-16(9-7-14)24-12-4-5-18(24)25/h6-9,15H,4-5,10-13H2,1-3H3,(H,23,26)/b22-17+/t15-,21-/m0/s1. The summed E-state index contributed by atoms with van der Waals surface area (Å²) >= 11 is 0. The van der Waals surface area contributed by atoms with Gasteiger partial charge in [0.15, 0.2) is 0 Å². The zero-order valence-electron chi connectivity index (χ0n) is 15.8. The van der Waals surface area contributed by atoms with Gasteiger partial charge in [0.05, 0.1) is 0 Å². The zero-order chi connectivity index (χ0) is 18.5. The van der Waals surface area contributed by atoms with Gasteiger partial charge in [-0.2, -0.15) is 5.10 Å². The molecule has 1 aliphatic heterocycles. The summed E-state index contributed by atoms with van der Waals surface area (Å²) in [4.78, 5) is 26.1. The molecule has 5 nitrogen and oxygen atoms in total. The monoisotopic (exact) mass is 353 g/mol. The number of benzene rings is 1. The summed E-state index contributed by atoms with van der Waals surface area (Å²) < 4.78 is 0. The molecule has 1 saturated heterocycles. The van der Waals surface area contributed by atoms with Gasteiger partial charge in [-0.3, -0.25) is 9.59 Å². The first-order valence-corrected chi connectivity index (χ1v) is 9.61. The Morgan fingerprint density at radius 1 is 1.23 bits per heavy atom. The van der Waals surface area contributed by atoms with Crippen molar-refractivity contribution in [2.75, 3.05) is 11.4 Å². The van der Waals surface area contributed by atoms with Crippen LogP contribution >= 0.6 is 0 Å². The van der Waals surface area contributed by atoms with Crippen LogP contribution < -0.4 is 10.3 Å². The lowest BCUT2D eigenvalue weighted by Gasteiger charge is -2.34. The lowest BCUT2D eigenvalue weighted by Crippen LogP contribution is -2.34. The summed E-state index contributed by atoms with van der Waals surface area (Å²) in [5.41, 5.74) is 5.65. The quantitative estimate of drug-likeness (QED) is 0.841. The molecule has 5 heteroatoms. The highest BCUT2D eigenvalue weighted by atomic mass is 16.2. The van der Waals surface area contributed by atoms with Crippen molar-refractivity contribution in [3.63, 3.8) is 0 Å². The van der Waals surface area contributed by atoms with Crippen molar-refractivity contribution < 1.29 is 9.59 Å². The number of hydrogen-bond donors (Lipinski definition) is 1. The number of nitrogens with zero attached hydrogens (tertiary/aromatic N) is 2. The van der Waals surface area contributed by atoms with Crippen molar-refractivity contribution in [2.24, 2.45) is 21.8 Å². The van der Waals surface area contributed by atoms with Gasteiger partial charge >= 0.3 is 0 Å². The van der Waals surface area contributed by atoms with E-state index in [1.54, 1.807) is 17.0 Å². The summed E-state index contributed by atoms with van der Waals surface area (Å²) in [6.07, 6.45) is 4.90. The van der Waals surface area contributed by atoms with Crippen LogP contribution in [0.25, 0.3) is 0 Å². The number of nitrogens with one attached hydrogen (secondary N) is 1. The van der Waals surface area contributed by atoms with E-state index in [4.69, 9.17) is 0 Å². The third-order valence-corrected chi connectivity index (χ3v) is 7.32. The third kappa shape index (κ3) is 2.48. The number of fused-ring (bicyclic) bond motifs is 2. The van der Waals surface area contributed by atoms with Crippen LogP contribution in [0.5, 0.6) is 0 Å². The van der Waals surface area contributed by atoms with Crippen LogP contribution in [0.15, 0.2) is 29.4 Å². The summed E-state index contributed by atoms with van der Waals surface area (Å²) in [5, 5.41) is 4.51. The Hall–Kier alpha value is -2.17. The summed E-state index contributed by atoms with van der Waals surface area (Å²) in [5.74, 6) is 0.627. The van der Waals surface area contributed by atoms with Crippen molar-refractivity contribution in [2.45, 2.75) is 52.9 Å². The maximum Gasteiger partial charge on any atom is 0.271 e. The minimum absolute atomic E-state index is 0.0882. The smallest absolute Gasteiger partial charge is 0.271 e. The van der Waals surface area contributed by atoms with E-state index in [1.807, 2.05) is 12.1 Å². The Morgan fingerprint density at radius 2 is 1.96 bits per heavy atom. The van der Waals surface area contributed by atoms with Crippen LogP contribution in [0.3, 0.4) is 0 Å². The second-order valence-electron chi connectivity index (χ2n) is 8.69. The summed E-state index contributed by atoms with van der Waals surface area (Å²) in [6, 6.07) is 7.21. The molecular weight excluding hydrogens is 326 g/mol. The fraction of sp³-hybridized carbons (Fsp3) is 0.571. The van der Waals surface area contributed by atoms with Gasteiger partial charge in [-0.25, -0.2) is 5.43 Å². The highest BCUT2D eigenvalue weighted by molar-refractivity contribution is 5.99. The number of hydrogen-bond acceptors (Lipinski definition) is 3. The number of hydrazone groups is 1. The lowest BCUT2D eigenvalue weighted by molar-refractivity contribution is -0.117. The molecule has 0 spiro atoms. The predicted molar refractivity (Wildman–Crippen MR) is 102 cm³/mol. The van der Waals surface area contributed by atoms with Gasteiger partial charge in [-0.15, -0.1) is 0 Å². The first kappa shape index (κ1) is 17.3. The molecule has 0 aromatic heterocycles. The van der Waals surface area contributed by atoms with E-state index in [0.717, 1.165) is 37.2 Å². The minimum Gasteiger partial charge on any atom is -0.312 e. The molecule has 0 radical (unpaired) electrons. The zero-order valence-corrected chi connectivity index (χ0v) is 15.8. The Kier molecular flexibility index (Phi) is 3.94. The van der Waals surface area contributed by atoms with Crippen LogP contribution in [0, 0.1) is 16.7 Å². The molecule has 3 aliphatic rings. The molecule has 2 amide bonds. The molecule has 1 aromatic rings. The Bertz CT molecular complexity index is 781. The van der Waals surface area contributed by atoms with Gasteiger partial charge in [-0.1, -0.05) is 20.8 Å². The van der Waals surface area contributed by atoms with Crippen molar-refractivity contribution in [3.05, 3.63) is 29.8 Å². The van der Waals surface area contributed by atoms with Crippen LogP contribution in [0.1, 0.15) is 63.2 Å². The Balaban J connectivity index is 1.45. The van der Waals surface area contributed by atoms with E-state index >= 15 is 0 Å². The molecule has 2 atom stereocenters. The molecule has 1 heterocycles. The van der Waals surface area contributed by atoms with Gasteiger partial charge in [0.25, 0.3) is 5.91 Å². The largest absolute Gasteiger partial charge is 0.312 e. The molecule has 1 aromatic carbocycles. The molecule has 2 aliphatic carbocycles. The third-order valence-electron chi connectivity index (χ3n) is 7.32. The normalized spacial score (nSPS) is 31.0. The van der Waals surface area contributed by atoms with E-state index in [2.05, 4.69) is 31.3 Å². The maximum atomic E-state index is 12.5. The topological polar surface area (TPSA) is 61.8 Å². The van der Waals surface area contributed by atoms with Crippen molar-refractivity contribution in [3.8, 4) is 0 Å². The second-order valence-corrected chi connectivity index (χ2v) is 8.69. The fourth-order valence-electron chi connectivity index (χ4n) is 4.99. The Morgan fingerprint density at radius 3 is 2.50 bits per heavy atom. The molecular formula is C21H27N3O2. The fourth-order valence-corrected chi connectivity index (χ4v) is 4.99. The SMILES string of the molecule is CC1(C)[C@H]2CC[C@@]1(C)/C(=N/NC(=O)c1ccc(N3CCCC3=O)cc1)C2. The van der Waals surface area contributed by atoms with Crippen LogP contribution in [-0.2, 0) is 4.79 Å². The molecule has 2 bridgehead atoms. The average Bonchev–Trinajstić information content (AvgIpc) is 3.20. The molecule has 138 valence electrons. The molecule has 4 rings (SSSR count).